The van der Waals surface area contributed by atoms with Gasteiger partial charge in [0.15, 0.2) is 5.58 Å². The van der Waals surface area contributed by atoms with Crippen LogP contribution in [0.2, 0.25) is 5.02 Å². The Hall–Kier alpha value is -3.46. The third kappa shape index (κ3) is 4.23. The van der Waals surface area contributed by atoms with Crippen LogP contribution in [0.5, 0.6) is 0 Å². The second-order valence-corrected chi connectivity index (χ2v) is 9.07. The molecule has 1 N–H and O–H groups in total. The molecule has 0 bridgehead atoms. The van der Waals surface area contributed by atoms with E-state index in [0.717, 1.165) is 12.8 Å². The lowest BCUT2D eigenvalue weighted by atomic mass is 9.89. The number of benzene rings is 2. The van der Waals surface area contributed by atoms with Gasteiger partial charge in [0.2, 0.25) is 0 Å². The zero-order chi connectivity index (χ0) is 23.8. The largest absolute Gasteiger partial charge is 0.424 e. The summed E-state index contributed by atoms with van der Waals surface area (Å²) in [5.74, 6) is -0.496. The highest BCUT2D eigenvalue weighted by Crippen LogP contribution is 2.29. The topological polar surface area (TPSA) is 89.1 Å². The molecule has 10 heteroatoms. The molecule has 2 unspecified atom stereocenters. The SMILES string of the molecule is Cc1cc(F)cc(C(=O)N2CCCC(C)C2CNc2nc3cc(Cl)ccc3o2)c1-n1nccn1. The number of hydrogen-bond donors (Lipinski definition) is 1. The molecule has 1 amide bonds. The smallest absolute Gasteiger partial charge is 0.295 e. The summed E-state index contributed by atoms with van der Waals surface area (Å²) >= 11 is 6.05. The van der Waals surface area contributed by atoms with Gasteiger partial charge < -0.3 is 14.6 Å². The molecule has 0 spiro atoms. The molecular formula is C24H24ClFN6O2. The van der Waals surface area contributed by atoms with Crippen molar-refractivity contribution in [3.05, 3.63) is 64.7 Å². The molecule has 1 fully saturated rings. The van der Waals surface area contributed by atoms with Gasteiger partial charge >= 0.3 is 0 Å². The zero-order valence-electron chi connectivity index (χ0n) is 18.8. The predicted molar refractivity (Wildman–Crippen MR) is 127 cm³/mol. The fraction of sp³-hybridized carbons (Fsp3) is 0.333. The third-order valence-electron chi connectivity index (χ3n) is 6.30. The summed E-state index contributed by atoms with van der Waals surface area (Å²) < 4.78 is 20.2. The third-order valence-corrected chi connectivity index (χ3v) is 6.54. The van der Waals surface area contributed by atoms with Crippen LogP contribution < -0.4 is 5.32 Å². The Kier molecular flexibility index (Phi) is 5.95. The van der Waals surface area contributed by atoms with Crippen LogP contribution in [0.25, 0.3) is 16.8 Å². The van der Waals surface area contributed by atoms with E-state index in [-0.39, 0.29) is 23.4 Å². The Morgan fingerprint density at radius 3 is 2.85 bits per heavy atom. The number of likely N-dealkylation sites (tertiary alicyclic amines) is 1. The van der Waals surface area contributed by atoms with Crippen molar-refractivity contribution in [2.75, 3.05) is 18.4 Å². The van der Waals surface area contributed by atoms with Crippen LogP contribution in [0.4, 0.5) is 10.4 Å². The fourth-order valence-corrected chi connectivity index (χ4v) is 4.80. The molecule has 1 aliphatic heterocycles. The summed E-state index contributed by atoms with van der Waals surface area (Å²) in [7, 11) is 0. The molecule has 0 aliphatic carbocycles. The molecule has 1 aliphatic rings. The number of anilines is 1. The highest BCUT2D eigenvalue weighted by Gasteiger charge is 2.34. The number of amides is 1. The Labute approximate surface area is 200 Å². The quantitative estimate of drug-likeness (QED) is 0.437. The van der Waals surface area contributed by atoms with Crippen LogP contribution >= 0.6 is 11.6 Å². The van der Waals surface area contributed by atoms with Gasteiger partial charge in [-0.25, -0.2) is 4.39 Å². The minimum Gasteiger partial charge on any atom is -0.424 e. The molecule has 2 atom stereocenters. The second kappa shape index (κ2) is 9.06. The number of oxazole rings is 1. The lowest BCUT2D eigenvalue weighted by molar-refractivity contribution is 0.0538. The highest BCUT2D eigenvalue weighted by molar-refractivity contribution is 6.31. The van der Waals surface area contributed by atoms with E-state index in [1.54, 1.807) is 25.1 Å². The molecule has 34 heavy (non-hydrogen) atoms. The Balaban J connectivity index is 1.43. The number of carbonyl (C=O) groups is 1. The van der Waals surface area contributed by atoms with Gasteiger partial charge in [0.25, 0.3) is 11.9 Å². The summed E-state index contributed by atoms with van der Waals surface area (Å²) in [6.07, 6.45) is 4.91. The van der Waals surface area contributed by atoms with E-state index in [0.29, 0.717) is 46.5 Å². The first-order valence-electron chi connectivity index (χ1n) is 11.2. The van der Waals surface area contributed by atoms with E-state index in [4.69, 9.17) is 16.0 Å². The predicted octanol–water partition coefficient (Wildman–Crippen LogP) is 4.86. The molecule has 8 nitrogen and oxygen atoms in total. The van der Waals surface area contributed by atoms with E-state index in [2.05, 4.69) is 27.4 Å². The summed E-state index contributed by atoms with van der Waals surface area (Å²) in [6, 6.07) is 8.13. The van der Waals surface area contributed by atoms with Crippen LogP contribution in [0, 0.1) is 18.7 Å². The molecule has 3 heterocycles. The maximum atomic E-state index is 14.4. The number of carbonyl (C=O) groups excluding carboxylic acids is 1. The molecule has 4 aromatic rings. The van der Waals surface area contributed by atoms with Crippen molar-refractivity contribution in [1.82, 2.24) is 24.9 Å². The normalized spacial score (nSPS) is 18.4. The van der Waals surface area contributed by atoms with Gasteiger partial charge in [0.1, 0.15) is 17.0 Å². The summed E-state index contributed by atoms with van der Waals surface area (Å²) in [5.41, 5.74) is 2.60. The van der Waals surface area contributed by atoms with Crippen molar-refractivity contribution in [3.8, 4) is 5.69 Å². The van der Waals surface area contributed by atoms with Crippen LogP contribution in [-0.2, 0) is 0 Å². The van der Waals surface area contributed by atoms with Gasteiger partial charge in [-0.15, -0.1) is 0 Å². The van der Waals surface area contributed by atoms with Gasteiger partial charge in [0, 0.05) is 18.1 Å². The van der Waals surface area contributed by atoms with E-state index < -0.39 is 5.82 Å². The van der Waals surface area contributed by atoms with Crippen LogP contribution in [-0.4, -0.2) is 49.9 Å². The summed E-state index contributed by atoms with van der Waals surface area (Å²) in [5, 5.41) is 12.2. The average molecular weight is 483 g/mol. The number of aryl methyl sites for hydroxylation is 1. The molecule has 0 radical (unpaired) electrons. The molecule has 0 saturated carbocycles. The van der Waals surface area contributed by atoms with E-state index in [1.807, 2.05) is 4.90 Å². The number of piperidine rings is 1. The molecule has 2 aromatic heterocycles. The fourth-order valence-electron chi connectivity index (χ4n) is 4.63. The minimum absolute atomic E-state index is 0.137. The lowest BCUT2D eigenvalue weighted by Gasteiger charge is -2.40. The van der Waals surface area contributed by atoms with Crippen molar-refractivity contribution in [2.45, 2.75) is 32.7 Å². The Bertz CT molecular complexity index is 1340. The van der Waals surface area contributed by atoms with Gasteiger partial charge in [-0.3, -0.25) is 4.79 Å². The maximum Gasteiger partial charge on any atom is 0.295 e. The number of rotatable bonds is 5. The van der Waals surface area contributed by atoms with Crippen molar-refractivity contribution in [3.63, 3.8) is 0 Å². The van der Waals surface area contributed by atoms with Crippen LogP contribution in [0.15, 0.2) is 47.1 Å². The Morgan fingerprint density at radius 1 is 1.26 bits per heavy atom. The van der Waals surface area contributed by atoms with E-state index in [1.165, 1.54) is 29.3 Å². The molecular weight excluding hydrogens is 459 g/mol. The molecule has 2 aromatic carbocycles. The monoisotopic (exact) mass is 482 g/mol. The lowest BCUT2D eigenvalue weighted by Crippen LogP contribution is -2.51. The standard InChI is InChI=1S/C24H24ClFN6O2/c1-14-4-3-9-31(20(14)13-27-24-30-19-11-16(25)5-6-21(19)34-24)23(33)18-12-17(26)10-15(2)22(18)32-28-7-8-29-32/h5-8,10-12,14,20H,3-4,9,13H2,1-2H3,(H,27,30). The first kappa shape index (κ1) is 22.3. The number of fused-ring (bicyclic) bond motifs is 1. The first-order chi connectivity index (χ1) is 16.4. The number of nitrogens with zero attached hydrogens (tertiary/aromatic N) is 5. The van der Waals surface area contributed by atoms with Crippen molar-refractivity contribution in [2.24, 2.45) is 5.92 Å². The zero-order valence-corrected chi connectivity index (χ0v) is 19.6. The van der Waals surface area contributed by atoms with Crippen LogP contribution in [0.1, 0.15) is 35.7 Å². The molecule has 5 rings (SSSR count). The number of aromatic nitrogens is 4. The summed E-state index contributed by atoms with van der Waals surface area (Å²) in [4.78, 5) is 21.4. The van der Waals surface area contributed by atoms with Crippen molar-refractivity contribution >= 4 is 34.6 Å². The van der Waals surface area contributed by atoms with E-state index in [9.17, 15) is 9.18 Å². The van der Waals surface area contributed by atoms with E-state index >= 15 is 0 Å². The van der Waals surface area contributed by atoms with Gasteiger partial charge in [-0.1, -0.05) is 18.5 Å². The molecule has 176 valence electrons. The van der Waals surface area contributed by atoms with Gasteiger partial charge in [-0.05, 0) is 61.6 Å². The first-order valence-corrected chi connectivity index (χ1v) is 11.6. The second-order valence-electron chi connectivity index (χ2n) is 8.63. The minimum atomic E-state index is -0.471. The Morgan fingerprint density at radius 2 is 2.06 bits per heavy atom. The van der Waals surface area contributed by atoms with Crippen LogP contribution in [0.3, 0.4) is 0 Å². The number of halogens is 2. The summed E-state index contributed by atoms with van der Waals surface area (Å²) in [6.45, 7) is 4.87. The molecule has 1 saturated heterocycles. The number of nitrogens with one attached hydrogen (secondary N) is 1. The maximum absolute atomic E-state index is 14.4. The van der Waals surface area contributed by atoms with Crippen molar-refractivity contribution in [1.29, 1.82) is 0 Å². The number of hydrogen-bond acceptors (Lipinski definition) is 6. The van der Waals surface area contributed by atoms with Gasteiger partial charge in [-0.2, -0.15) is 20.0 Å². The van der Waals surface area contributed by atoms with Gasteiger partial charge in [0.05, 0.1) is 24.0 Å². The highest BCUT2D eigenvalue weighted by atomic mass is 35.5. The average Bonchev–Trinajstić information content (AvgIpc) is 3.46. The van der Waals surface area contributed by atoms with Crippen molar-refractivity contribution < 1.29 is 13.6 Å².